The lowest BCUT2D eigenvalue weighted by Crippen LogP contribution is -2.18. The number of aryl methyl sites for hydroxylation is 1. The molecular weight excluding hydrogens is 442 g/mol. The Labute approximate surface area is 202 Å². The zero-order valence-corrected chi connectivity index (χ0v) is 19.1. The van der Waals surface area contributed by atoms with Crippen LogP contribution in [0.5, 0.6) is 0 Å². The van der Waals surface area contributed by atoms with Gasteiger partial charge in [-0.15, -0.1) is 0 Å². The van der Waals surface area contributed by atoms with Crippen molar-refractivity contribution >= 4 is 34.6 Å². The van der Waals surface area contributed by atoms with Crippen molar-refractivity contribution in [3.05, 3.63) is 95.1 Å². The summed E-state index contributed by atoms with van der Waals surface area (Å²) < 4.78 is 1.72. The van der Waals surface area contributed by atoms with Gasteiger partial charge in [-0.25, -0.2) is 4.98 Å². The van der Waals surface area contributed by atoms with Crippen molar-refractivity contribution < 1.29 is 14.4 Å². The summed E-state index contributed by atoms with van der Waals surface area (Å²) in [5.41, 5.74) is 8.85. The molecule has 174 valence electrons. The topological polar surface area (TPSA) is 131 Å². The third kappa shape index (κ3) is 5.09. The highest BCUT2D eigenvalue weighted by atomic mass is 16.2. The van der Waals surface area contributed by atoms with E-state index < -0.39 is 17.7 Å². The number of ketones is 1. The number of rotatable bonds is 8. The second kappa shape index (κ2) is 10.0. The van der Waals surface area contributed by atoms with Crippen molar-refractivity contribution in [2.45, 2.75) is 25.8 Å². The van der Waals surface area contributed by atoms with Gasteiger partial charge in [0.15, 0.2) is 5.78 Å². The molecule has 3 aromatic carbocycles. The Morgan fingerprint density at radius 1 is 1.03 bits per heavy atom. The van der Waals surface area contributed by atoms with Crippen LogP contribution in [0.1, 0.15) is 51.1 Å². The van der Waals surface area contributed by atoms with E-state index >= 15 is 0 Å². The Morgan fingerprint density at radius 3 is 2.40 bits per heavy atom. The number of carbonyl (C=O) groups is 3. The van der Waals surface area contributed by atoms with Gasteiger partial charge in [-0.2, -0.15) is 5.26 Å². The van der Waals surface area contributed by atoms with Gasteiger partial charge >= 0.3 is 0 Å². The summed E-state index contributed by atoms with van der Waals surface area (Å²) in [5, 5.41) is 11.7. The Kier molecular flexibility index (Phi) is 6.69. The number of nitriles is 1. The SMILES string of the molecule is CC(C(=O)c1ccccc1)c1ccc2c(c1)nc(NC(=O)c1ccc(C#N)cc1)n2CCC(N)=O. The van der Waals surface area contributed by atoms with Gasteiger partial charge in [-0.1, -0.05) is 43.3 Å². The first kappa shape index (κ1) is 23.4. The number of fused-ring (bicyclic) bond motifs is 1. The van der Waals surface area contributed by atoms with E-state index in [1.165, 1.54) is 0 Å². The average molecular weight is 466 g/mol. The number of imidazole rings is 1. The Bertz CT molecular complexity index is 1450. The van der Waals surface area contributed by atoms with Crippen LogP contribution in [0.25, 0.3) is 11.0 Å². The number of aromatic nitrogens is 2. The molecule has 0 saturated carbocycles. The van der Waals surface area contributed by atoms with E-state index in [9.17, 15) is 14.4 Å². The van der Waals surface area contributed by atoms with Gasteiger partial charge in [-0.3, -0.25) is 19.7 Å². The highest BCUT2D eigenvalue weighted by Crippen LogP contribution is 2.27. The van der Waals surface area contributed by atoms with Gasteiger partial charge in [0.1, 0.15) is 0 Å². The maximum Gasteiger partial charge on any atom is 0.257 e. The minimum absolute atomic E-state index is 0.00699. The van der Waals surface area contributed by atoms with Crippen LogP contribution >= 0.6 is 0 Å². The number of carbonyl (C=O) groups excluding carboxylic acids is 3. The summed E-state index contributed by atoms with van der Waals surface area (Å²) in [6, 6.07) is 22.8. The van der Waals surface area contributed by atoms with E-state index in [1.807, 2.05) is 49.4 Å². The molecule has 1 heterocycles. The lowest BCUT2D eigenvalue weighted by atomic mass is 9.92. The average Bonchev–Trinajstić information content (AvgIpc) is 3.22. The third-order valence-electron chi connectivity index (χ3n) is 5.81. The largest absolute Gasteiger partial charge is 0.370 e. The lowest BCUT2D eigenvalue weighted by Gasteiger charge is -2.12. The third-order valence-corrected chi connectivity index (χ3v) is 5.81. The zero-order chi connectivity index (χ0) is 24.9. The van der Waals surface area contributed by atoms with Crippen LogP contribution in [0.2, 0.25) is 0 Å². The summed E-state index contributed by atoms with van der Waals surface area (Å²) in [6.07, 6.45) is 0.0653. The van der Waals surface area contributed by atoms with Crippen molar-refractivity contribution in [2.75, 3.05) is 5.32 Å². The second-order valence-corrected chi connectivity index (χ2v) is 8.15. The number of benzene rings is 3. The zero-order valence-electron chi connectivity index (χ0n) is 19.1. The summed E-state index contributed by atoms with van der Waals surface area (Å²) in [6.45, 7) is 2.07. The van der Waals surface area contributed by atoms with E-state index in [0.29, 0.717) is 27.7 Å². The number of hydrogen-bond acceptors (Lipinski definition) is 5. The molecule has 0 spiro atoms. The van der Waals surface area contributed by atoms with Crippen LogP contribution in [0.15, 0.2) is 72.8 Å². The smallest absolute Gasteiger partial charge is 0.257 e. The molecule has 0 radical (unpaired) electrons. The summed E-state index contributed by atoms with van der Waals surface area (Å²) >= 11 is 0. The summed E-state index contributed by atoms with van der Waals surface area (Å²) in [5.74, 6) is -1.02. The van der Waals surface area contributed by atoms with E-state index in [2.05, 4.69) is 10.3 Å². The van der Waals surface area contributed by atoms with Crippen molar-refractivity contribution in [2.24, 2.45) is 5.73 Å². The van der Waals surface area contributed by atoms with Crippen molar-refractivity contribution in [3.63, 3.8) is 0 Å². The first-order chi connectivity index (χ1) is 16.9. The number of nitrogens with zero attached hydrogens (tertiary/aromatic N) is 3. The Hall–Kier alpha value is -4.77. The van der Waals surface area contributed by atoms with Crippen molar-refractivity contribution in [3.8, 4) is 6.07 Å². The Balaban J connectivity index is 1.67. The van der Waals surface area contributed by atoms with Crippen LogP contribution in [0.3, 0.4) is 0 Å². The fourth-order valence-electron chi connectivity index (χ4n) is 3.83. The van der Waals surface area contributed by atoms with Crippen molar-refractivity contribution in [1.82, 2.24) is 9.55 Å². The second-order valence-electron chi connectivity index (χ2n) is 8.15. The number of Topliss-reactive ketones (excluding diaryl/α,β-unsaturated/α-hetero) is 1. The monoisotopic (exact) mass is 465 g/mol. The molecule has 1 unspecified atom stereocenters. The fourth-order valence-corrected chi connectivity index (χ4v) is 3.83. The van der Waals surface area contributed by atoms with E-state index in [0.717, 1.165) is 5.56 Å². The van der Waals surface area contributed by atoms with Gasteiger partial charge in [0, 0.05) is 30.0 Å². The predicted molar refractivity (Wildman–Crippen MR) is 132 cm³/mol. The molecule has 1 atom stereocenters. The fraction of sp³-hybridized carbons (Fsp3) is 0.148. The molecule has 2 amide bonds. The van der Waals surface area contributed by atoms with Crippen LogP contribution < -0.4 is 11.1 Å². The summed E-state index contributed by atoms with van der Waals surface area (Å²) in [4.78, 5) is 41.8. The molecule has 0 fully saturated rings. The number of amides is 2. The molecule has 0 bridgehead atoms. The number of primary amides is 1. The van der Waals surface area contributed by atoms with Crippen LogP contribution in [-0.4, -0.2) is 27.1 Å². The van der Waals surface area contributed by atoms with Gasteiger partial charge in [-0.05, 0) is 42.0 Å². The molecule has 0 aliphatic rings. The van der Waals surface area contributed by atoms with E-state index in [1.54, 1.807) is 41.0 Å². The minimum Gasteiger partial charge on any atom is -0.370 e. The first-order valence-electron chi connectivity index (χ1n) is 11.1. The molecule has 4 aromatic rings. The quantitative estimate of drug-likeness (QED) is 0.380. The Morgan fingerprint density at radius 2 is 1.74 bits per heavy atom. The minimum atomic E-state index is -0.477. The van der Waals surface area contributed by atoms with Crippen molar-refractivity contribution in [1.29, 1.82) is 5.26 Å². The molecule has 3 N–H and O–H groups in total. The molecule has 0 saturated heterocycles. The van der Waals surface area contributed by atoms with Crippen LogP contribution in [0, 0.1) is 11.3 Å². The molecule has 8 nitrogen and oxygen atoms in total. The number of hydrogen-bond donors (Lipinski definition) is 2. The van der Waals surface area contributed by atoms with Crippen LogP contribution in [0.4, 0.5) is 5.95 Å². The standard InChI is InChI=1S/C27H23N5O3/c1-17(25(34)19-5-3-2-4-6-19)21-11-12-23-22(15-21)30-27(32(23)14-13-24(29)33)31-26(35)20-9-7-18(16-28)8-10-20/h2-12,15,17H,13-14H2,1H3,(H2,29,33)(H,30,31,35). The van der Waals surface area contributed by atoms with Gasteiger partial charge < -0.3 is 10.3 Å². The molecule has 1 aromatic heterocycles. The number of anilines is 1. The normalized spacial score (nSPS) is 11.5. The molecular formula is C27H23N5O3. The predicted octanol–water partition coefficient (Wildman–Crippen LogP) is 4.02. The van der Waals surface area contributed by atoms with Gasteiger partial charge in [0.2, 0.25) is 11.9 Å². The van der Waals surface area contributed by atoms with E-state index in [4.69, 9.17) is 11.0 Å². The maximum atomic E-state index is 12.9. The van der Waals surface area contributed by atoms with Gasteiger partial charge in [0.25, 0.3) is 5.91 Å². The molecule has 0 aliphatic carbocycles. The van der Waals surface area contributed by atoms with E-state index in [-0.39, 0.29) is 24.7 Å². The lowest BCUT2D eigenvalue weighted by molar-refractivity contribution is -0.118. The number of nitrogens with one attached hydrogen (secondary N) is 1. The highest BCUT2D eigenvalue weighted by molar-refractivity contribution is 6.04. The molecule has 0 aliphatic heterocycles. The first-order valence-corrected chi connectivity index (χ1v) is 11.1. The maximum absolute atomic E-state index is 12.9. The molecule has 35 heavy (non-hydrogen) atoms. The van der Waals surface area contributed by atoms with Crippen LogP contribution in [-0.2, 0) is 11.3 Å². The molecule has 4 rings (SSSR count). The van der Waals surface area contributed by atoms with Gasteiger partial charge in [0.05, 0.1) is 22.7 Å². The molecule has 8 heteroatoms. The summed E-state index contributed by atoms with van der Waals surface area (Å²) in [7, 11) is 0. The highest BCUT2D eigenvalue weighted by Gasteiger charge is 2.20. The number of nitrogens with two attached hydrogens (primary N) is 1.